The molecule has 0 aliphatic rings. The number of aliphatic hydroxyl groups excluding tert-OH is 1. The van der Waals surface area contributed by atoms with E-state index in [4.69, 9.17) is 5.11 Å². The average molecular weight is 392 g/mol. The van der Waals surface area contributed by atoms with Crippen LogP contribution in [-0.4, -0.2) is 51.9 Å². The lowest BCUT2D eigenvalue weighted by molar-refractivity contribution is 0.301. The van der Waals surface area contributed by atoms with E-state index in [0.717, 1.165) is 6.20 Å². The number of hydrogen-bond donors (Lipinski definition) is 2. The molecule has 0 saturated heterocycles. The summed E-state index contributed by atoms with van der Waals surface area (Å²) in [6, 6.07) is 8.46. The number of halogens is 1. The molecule has 1 unspecified atom stereocenters. The molecule has 2 N–H and O–H groups in total. The summed E-state index contributed by atoms with van der Waals surface area (Å²) in [4.78, 5) is 5.42. The first kappa shape index (κ1) is 19.0. The zero-order chi connectivity index (χ0) is 19.4. The molecule has 0 amide bonds. The Morgan fingerprint density at radius 3 is 2.59 bits per heavy atom. The van der Waals surface area contributed by atoms with Crippen molar-refractivity contribution in [3.8, 4) is 11.4 Å². The molecule has 9 nitrogen and oxygen atoms in total. The summed E-state index contributed by atoms with van der Waals surface area (Å²) in [6.07, 6.45) is 1.12. The molecule has 142 valence electrons. The third-order valence-corrected chi connectivity index (χ3v) is 5.26. The number of benzene rings is 1. The van der Waals surface area contributed by atoms with Gasteiger partial charge in [0.25, 0.3) is 0 Å². The Labute approximate surface area is 154 Å². The number of hydrogen-bond acceptors (Lipinski definition) is 7. The van der Waals surface area contributed by atoms with Crippen LogP contribution in [0.25, 0.3) is 11.4 Å². The normalized spacial score (nSPS) is 12.9. The van der Waals surface area contributed by atoms with E-state index < -0.39 is 15.8 Å². The fourth-order valence-electron chi connectivity index (χ4n) is 2.30. The number of pyridine rings is 1. The van der Waals surface area contributed by atoms with Crippen LogP contribution >= 0.6 is 0 Å². The standard InChI is InChI=1S/C16H17FN6O3S/c1-11(15-7-4-13(17)10-18-15)23-21-16(20-22-23)12-2-5-14(6-3-12)27(25,26)19-8-9-24/h2-7,10-11,19,24H,8-9H2,1H3. The summed E-state index contributed by atoms with van der Waals surface area (Å²) in [5, 5.41) is 21.0. The van der Waals surface area contributed by atoms with Crippen LogP contribution in [0.4, 0.5) is 4.39 Å². The van der Waals surface area contributed by atoms with Gasteiger partial charge in [0, 0.05) is 12.1 Å². The minimum absolute atomic E-state index is 0.0602. The molecule has 0 aliphatic heterocycles. The van der Waals surface area contributed by atoms with Gasteiger partial charge in [-0.2, -0.15) is 4.80 Å². The highest BCUT2D eigenvalue weighted by molar-refractivity contribution is 7.89. The van der Waals surface area contributed by atoms with Gasteiger partial charge in [-0.3, -0.25) is 4.98 Å². The number of nitrogens with one attached hydrogen (secondary N) is 1. The maximum absolute atomic E-state index is 13.0. The van der Waals surface area contributed by atoms with Crippen LogP contribution in [0.1, 0.15) is 18.7 Å². The highest BCUT2D eigenvalue weighted by Gasteiger charge is 2.16. The van der Waals surface area contributed by atoms with E-state index in [2.05, 4.69) is 25.1 Å². The summed E-state index contributed by atoms with van der Waals surface area (Å²) >= 11 is 0. The Hall–Kier alpha value is -2.76. The van der Waals surface area contributed by atoms with Gasteiger partial charge < -0.3 is 5.11 Å². The predicted octanol–water partition coefficient (Wildman–Crippen LogP) is 0.754. The van der Waals surface area contributed by atoms with Crippen LogP contribution in [0.15, 0.2) is 47.5 Å². The second kappa shape index (κ2) is 7.86. The zero-order valence-corrected chi connectivity index (χ0v) is 15.1. The molecule has 0 saturated carbocycles. The van der Waals surface area contributed by atoms with Crippen LogP contribution in [0.3, 0.4) is 0 Å². The predicted molar refractivity (Wildman–Crippen MR) is 93.5 cm³/mol. The van der Waals surface area contributed by atoms with Crippen LogP contribution in [0, 0.1) is 5.82 Å². The van der Waals surface area contributed by atoms with Gasteiger partial charge >= 0.3 is 0 Å². The topological polar surface area (TPSA) is 123 Å². The Morgan fingerprint density at radius 2 is 1.96 bits per heavy atom. The minimum Gasteiger partial charge on any atom is -0.395 e. The second-order valence-electron chi connectivity index (χ2n) is 5.66. The largest absolute Gasteiger partial charge is 0.395 e. The fourth-order valence-corrected chi connectivity index (χ4v) is 3.33. The van der Waals surface area contributed by atoms with Gasteiger partial charge in [0.05, 0.1) is 23.4 Å². The van der Waals surface area contributed by atoms with E-state index in [0.29, 0.717) is 17.1 Å². The second-order valence-corrected chi connectivity index (χ2v) is 7.42. The summed E-state index contributed by atoms with van der Waals surface area (Å²) < 4.78 is 39.3. The van der Waals surface area contributed by atoms with Crippen molar-refractivity contribution in [2.45, 2.75) is 17.9 Å². The molecule has 27 heavy (non-hydrogen) atoms. The van der Waals surface area contributed by atoms with Crippen molar-refractivity contribution >= 4 is 10.0 Å². The molecular weight excluding hydrogens is 375 g/mol. The lowest BCUT2D eigenvalue weighted by Crippen LogP contribution is -2.26. The van der Waals surface area contributed by atoms with Gasteiger partial charge in [0.2, 0.25) is 15.8 Å². The molecule has 3 rings (SSSR count). The molecule has 0 radical (unpaired) electrons. The lowest BCUT2D eigenvalue weighted by atomic mass is 10.2. The van der Waals surface area contributed by atoms with E-state index in [9.17, 15) is 12.8 Å². The maximum atomic E-state index is 13.0. The minimum atomic E-state index is -3.68. The molecule has 0 aliphatic carbocycles. The van der Waals surface area contributed by atoms with Crippen LogP contribution in [-0.2, 0) is 10.0 Å². The van der Waals surface area contributed by atoms with Crippen molar-refractivity contribution in [2.75, 3.05) is 13.2 Å². The first-order valence-electron chi connectivity index (χ1n) is 8.02. The van der Waals surface area contributed by atoms with Crippen molar-refractivity contribution < 1.29 is 17.9 Å². The molecule has 3 aromatic rings. The van der Waals surface area contributed by atoms with Crippen molar-refractivity contribution in [3.63, 3.8) is 0 Å². The Kier molecular flexibility index (Phi) is 5.54. The number of nitrogens with zero attached hydrogens (tertiary/aromatic N) is 5. The summed E-state index contributed by atoms with van der Waals surface area (Å²) in [7, 11) is -3.68. The highest BCUT2D eigenvalue weighted by Crippen LogP contribution is 2.19. The molecule has 2 aromatic heterocycles. The Balaban J connectivity index is 1.79. The maximum Gasteiger partial charge on any atom is 0.240 e. The van der Waals surface area contributed by atoms with Gasteiger partial charge in [-0.25, -0.2) is 17.5 Å². The van der Waals surface area contributed by atoms with Crippen LogP contribution in [0.2, 0.25) is 0 Å². The SMILES string of the molecule is CC(c1ccc(F)cn1)n1nnc(-c2ccc(S(=O)(=O)NCCO)cc2)n1. The molecule has 2 heterocycles. The molecule has 11 heteroatoms. The Morgan fingerprint density at radius 1 is 1.22 bits per heavy atom. The molecule has 1 atom stereocenters. The van der Waals surface area contributed by atoms with Gasteiger partial charge in [-0.05, 0) is 48.5 Å². The molecule has 1 aromatic carbocycles. The number of sulfonamides is 1. The van der Waals surface area contributed by atoms with Gasteiger partial charge in [-0.1, -0.05) is 0 Å². The third kappa shape index (κ3) is 4.32. The quantitative estimate of drug-likeness (QED) is 0.608. The van der Waals surface area contributed by atoms with E-state index in [1.165, 1.54) is 23.0 Å². The first-order valence-corrected chi connectivity index (χ1v) is 9.51. The molecule has 0 spiro atoms. The van der Waals surface area contributed by atoms with Crippen molar-refractivity contribution in [1.29, 1.82) is 0 Å². The van der Waals surface area contributed by atoms with Crippen molar-refractivity contribution in [1.82, 2.24) is 29.9 Å². The molecule has 0 bridgehead atoms. The van der Waals surface area contributed by atoms with Gasteiger partial charge in [-0.15, -0.1) is 10.2 Å². The van der Waals surface area contributed by atoms with Crippen LogP contribution in [0.5, 0.6) is 0 Å². The summed E-state index contributed by atoms with van der Waals surface area (Å²) in [5.74, 6) is -0.113. The highest BCUT2D eigenvalue weighted by atomic mass is 32.2. The lowest BCUT2D eigenvalue weighted by Gasteiger charge is -2.08. The summed E-state index contributed by atoms with van der Waals surface area (Å²) in [6.45, 7) is 1.45. The third-order valence-electron chi connectivity index (χ3n) is 3.78. The number of tetrazole rings is 1. The first-order chi connectivity index (χ1) is 12.9. The van der Waals surface area contributed by atoms with Crippen molar-refractivity contribution in [3.05, 3.63) is 54.1 Å². The van der Waals surface area contributed by atoms with E-state index in [1.807, 2.05) is 0 Å². The number of aliphatic hydroxyl groups is 1. The zero-order valence-electron chi connectivity index (χ0n) is 14.3. The fraction of sp³-hybridized carbons (Fsp3) is 0.250. The smallest absolute Gasteiger partial charge is 0.240 e. The average Bonchev–Trinajstić information content (AvgIpc) is 3.17. The van der Waals surface area contributed by atoms with E-state index in [1.54, 1.807) is 25.1 Å². The number of aromatic nitrogens is 5. The van der Waals surface area contributed by atoms with Gasteiger partial charge in [0.1, 0.15) is 11.9 Å². The summed E-state index contributed by atoms with van der Waals surface area (Å²) in [5.41, 5.74) is 1.17. The van der Waals surface area contributed by atoms with E-state index in [-0.39, 0.29) is 24.1 Å². The van der Waals surface area contributed by atoms with Gasteiger partial charge in [0.15, 0.2) is 0 Å². The molecular formula is C16H17FN6O3S. The Bertz CT molecular complexity index is 1010. The molecule has 0 fully saturated rings. The van der Waals surface area contributed by atoms with Crippen LogP contribution < -0.4 is 4.72 Å². The number of rotatable bonds is 7. The monoisotopic (exact) mass is 392 g/mol. The van der Waals surface area contributed by atoms with Crippen molar-refractivity contribution in [2.24, 2.45) is 0 Å². The van der Waals surface area contributed by atoms with E-state index >= 15 is 0 Å².